The maximum Gasteiger partial charge on any atom is 0.191 e. The van der Waals surface area contributed by atoms with Gasteiger partial charge in [-0.25, -0.2) is 4.99 Å². The molecule has 0 saturated carbocycles. The number of aryl methyl sites for hydroxylation is 1. The molecule has 0 bridgehead atoms. The van der Waals surface area contributed by atoms with Crippen molar-refractivity contribution >= 4 is 5.96 Å². The van der Waals surface area contributed by atoms with Gasteiger partial charge in [-0.1, -0.05) is 12.1 Å². The van der Waals surface area contributed by atoms with Gasteiger partial charge in [-0.05, 0) is 45.7 Å². The number of rotatable bonds is 12. The van der Waals surface area contributed by atoms with Crippen LogP contribution in [0.25, 0.3) is 0 Å². The Hall–Kier alpha value is -1.83. The van der Waals surface area contributed by atoms with E-state index < -0.39 is 0 Å². The Labute approximate surface area is 188 Å². The maximum absolute atomic E-state index is 5.99. The Balaban J connectivity index is 1.84. The third-order valence-electron chi connectivity index (χ3n) is 5.16. The van der Waals surface area contributed by atoms with Crippen LogP contribution < -0.4 is 15.4 Å². The van der Waals surface area contributed by atoms with Gasteiger partial charge in [-0.2, -0.15) is 0 Å². The molecule has 2 atom stereocenters. The molecule has 2 rings (SSSR count). The standard InChI is InChI=1S/C24H42N4O3/c1-6-25-24(26-11-7-12-28-17-20(3)31-21(4)18-28)27-16-22-10-9-19(2)15-23(22)30-14-8-13-29-5/h9-10,15,20-21H,6-8,11-14,16-18H2,1-5H3,(H2,25,26,27). The van der Waals surface area contributed by atoms with Gasteiger partial charge in [0.1, 0.15) is 5.75 Å². The molecule has 0 aromatic heterocycles. The molecule has 31 heavy (non-hydrogen) atoms. The van der Waals surface area contributed by atoms with Gasteiger partial charge in [0.25, 0.3) is 0 Å². The fourth-order valence-corrected chi connectivity index (χ4v) is 3.79. The third kappa shape index (κ3) is 9.89. The smallest absolute Gasteiger partial charge is 0.191 e. The third-order valence-corrected chi connectivity index (χ3v) is 5.16. The molecule has 0 radical (unpaired) electrons. The second-order valence-corrected chi connectivity index (χ2v) is 8.30. The van der Waals surface area contributed by atoms with Gasteiger partial charge in [0, 0.05) is 58.4 Å². The molecular formula is C24H42N4O3. The first kappa shape index (κ1) is 25.4. The first-order valence-corrected chi connectivity index (χ1v) is 11.6. The van der Waals surface area contributed by atoms with Gasteiger partial charge in [-0.3, -0.25) is 4.90 Å². The van der Waals surface area contributed by atoms with Crippen molar-refractivity contribution in [3.8, 4) is 5.75 Å². The average Bonchev–Trinajstić information content (AvgIpc) is 2.72. The lowest BCUT2D eigenvalue weighted by Crippen LogP contribution is -2.46. The first-order valence-electron chi connectivity index (χ1n) is 11.6. The van der Waals surface area contributed by atoms with Crippen LogP contribution in [0.15, 0.2) is 23.2 Å². The zero-order chi connectivity index (χ0) is 22.5. The number of methoxy groups -OCH3 is 1. The lowest BCUT2D eigenvalue weighted by atomic mass is 10.1. The molecule has 0 spiro atoms. The number of morpholine rings is 1. The van der Waals surface area contributed by atoms with Crippen molar-refractivity contribution in [3.05, 3.63) is 29.3 Å². The number of benzene rings is 1. The van der Waals surface area contributed by atoms with Gasteiger partial charge in [-0.15, -0.1) is 0 Å². The van der Waals surface area contributed by atoms with Crippen molar-refractivity contribution in [1.82, 2.24) is 15.5 Å². The Morgan fingerprint density at radius 2 is 1.94 bits per heavy atom. The van der Waals surface area contributed by atoms with Crippen LogP contribution in [-0.2, 0) is 16.0 Å². The van der Waals surface area contributed by atoms with E-state index in [0.717, 1.165) is 62.8 Å². The summed E-state index contributed by atoms with van der Waals surface area (Å²) in [5.41, 5.74) is 2.28. The summed E-state index contributed by atoms with van der Waals surface area (Å²) >= 11 is 0. The normalized spacial score (nSPS) is 20.0. The monoisotopic (exact) mass is 434 g/mol. The SMILES string of the molecule is CCNC(=NCc1ccc(C)cc1OCCCOC)NCCCN1CC(C)OC(C)C1. The molecule has 1 aromatic rings. The largest absolute Gasteiger partial charge is 0.493 e. The number of hydrogen-bond donors (Lipinski definition) is 2. The molecule has 1 aliphatic heterocycles. The molecular weight excluding hydrogens is 392 g/mol. The molecule has 1 aliphatic rings. The van der Waals surface area contributed by atoms with Crippen molar-refractivity contribution in [3.63, 3.8) is 0 Å². The highest BCUT2D eigenvalue weighted by molar-refractivity contribution is 5.79. The highest BCUT2D eigenvalue weighted by Crippen LogP contribution is 2.21. The highest BCUT2D eigenvalue weighted by atomic mass is 16.5. The maximum atomic E-state index is 5.99. The van der Waals surface area contributed by atoms with Crippen LogP contribution in [0.4, 0.5) is 0 Å². The molecule has 1 fully saturated rings. The number of ether oxygens (including phenoxy) is 3. The molecule has 1 heterocycles. The van der Waals surface area contributed by atoms with Gasteiger partial charge in [0.05, 0.1) is 25.4 Å². The lowest BCUT2D eigenvalue weighted by molar-refractivity contribution is -0.0679. The zero-order valence-electron chi connectivity index (χ0n) is 20.1. The molecule has 0 amide bonds. The van der Waals surface area contributed by atoms with Crippen LogP contribution in [-0.4, -0.2) is 76.1 Å². The Morgan fingerprint density at radius 3 is 2.65 bits per heavy atom. The van der Waals surface area contributed by atoms with Crippen LogP contribution in [0.2, 0.25) is 0 Å². The number of guanidine groups is 1. The lowest BCUT2D eigenvalue weighted by Gasteiger charge is -2.35. The van der Waals surface area contributed by atoms with Gasteiger partial charge in [0.15, 0.2) is 5.96 Å². The summed E-state index contributed by atoms with van der Waals surface area (Å²) < 4.78 is 16.9. The summed E-state index contributed by atoms with van der Waals surface area (Å²) in [6, 6.07) is 6.30. The molecule has 176 valence electrons. The summed E-state index contributed by atoms with van der Waals surface area (Å²) in [5, 5.41) is 6.81. The topological polar surface area (TPSA) is 67.4 Å². The summed E-state index contributed by atoms with van der Waals surface area (Å²) in [5.74, 6) is 1.75. The zero-order valence-corrected chi connectivity index (χ0v) is 20.1. The van der Waals surface area contributed by atoms with Crippen molar-refractivity contribution in [2.24, 2.45) is 4.99 Å². The number of aliphatic imine (C=N–C) groups is 1. The predicted octanol–water partition coefficient (Wildman–Crippen LogP) is 2.96. The minimum atomic E-state index is 0.316. The van der Waals surface area contributed by atoms with E-state index in [4.69, 9.17) is 19.2 Å². The van der Waals surface area contributed by atoms with E-state index in [0.29, 0.717) is 32.0 Å². The van der Waals surface area contributed by atoms with E-state index in [9.17, 15) is 0 Å². The molecule has 2 unspecified atom stereocenters. The Morgan fingerprint density at radius 1 is 1.16 bits per heavy atom. The number of nitrogens with one attached hydrogen (secondary N) is 2. The van der Waals surface area contributed by atoms with Crippen molar-refractivity contribution < 1.29 is 14.2 Å². The predicted molar refractivity (Wildman–Crippen MR) is 127 cm³/mol. The molecule has 1 aromatic carbocycles. The minimum absolute atomic E-state index is 0.316. The number of nitrogens with zero attached hydrogens (tertiary/aromatic N) is 2. The number of hydrogen-bond acceptors (Lipinski definition) is 5. The first-order chi connectivity index (χ1) is 15.0. The van der Waals surface area contributed by atoms with E-state index in [1.165, 1.54) is 5.56 Å². The van der Waals surface area contributed by atoms with Crippen LogP contribution in [0.1, 0.15) is 44.7 Å². The average molecular weight is 435 g/mol. The van der Waals surface area contributed by atoms with Crippen molar-refractivity contribution in [2.45, 2.75) is 59.3 Å². The van der Waals surface area contributed by atoms with E-state index in [1.807, 2.05) is 0 Å². The molecule has 7 heteroatoms. The van der Waals surface area contributed by atoms with Crippen molar-refractivity contribution in [2.75, 3.05) is 53.0 Å². The minimum Gasteiger partial charge on any atom is -0.493 e. The molecule has 2 N–H and O–H groups in total. The van der Waals surface area contributed by atoms with Crippen LogP contribution in [0.5, 0.6) is 5.75 Å². The van der Waals surface area contributed by atoms with Gasteiger partial charge < -0.3 is 24.8 Å². The van der Waals surface area contributed by atoms with Crippen LogP contribution in [0.3, 0.4) is 0 Å². The molecule has 7 nitrogen and oxygen atoms in total. The molecule has 0 aliphatic carbocycles. The van der Waals surface area contributed by atoms with E-state index in [1.54, 1.807) is 7.11 Å². The fraction of sp³-hybridized carbons (Fsp3) is 0.708. The summed E-state index contributed by atoms with van der Waals surface area (Å²) in [4.78, 5) is 7.27. The fourth-order valence-electron chi connectivity index (χ4n) is 3.79. The van der Waals surface area contributed by atoms with Crippen molar-refractivity contribution in [1.29, 1.82) is 0 Å². The quantitative estimate of drug-likeness (QED) is 0.300. The van der Waals surface area contributed by atoms with Crippen LogP contribution >= 0.6 is 0 Å². The van der Waals surface area contributed by atoms with Gasteiger partial charge in [0.2, 0.25) is 0 Å². The van der Waals surface area contributed by atoms with Crippen LogP contribution in [0, 0.1) is 6.92 Å². The Kier molecular flexibility index (Phi) is 11.7. The second-order valence-electron chi connectivity index (χ2n) is 8.30. The Bertz CT molecular complexity index is 658. The van der Waals surface area contributed by atoms with E-state index in [2.05, 4.69) is 61.4 Å². The van der Waals surface area contributed by atoms with Gasteiger partial charge >= 0.3 is 0 Å². The summed E-state index contributed by atoms with van der Waals surface area (Å²) in [6.07, 6.45) is 2.58. The second kappa shape index (κ2) is 14.3. The molecule has 1 saturated heterocycles. The highest BCUT2D eigenvalue weighted by Gasteiger charge is 2.21. The summed E-state index contributed by atoms with van der Waals surface area (Å²) in [6.45, 7) is 15.2. The van der Waals surface area contributed by atoms with E-state index >= 15 is 0 Å². The summed E-state index contributed by atoms with van der Waals surface area (Å²) in [7, 11) is 1.71. The van der Waals surface area contributed by atoms with E-state index in [-0.39, 0.29) is 0 Å².